The number of nitrogens with one attached hydrogen (secondary N) is 1. The first kappa shape index (κ1) is 15.8. The summed E-state index contributed by atoms with van der Waals surface area (Å²) in [6.07, 6.45) is -4.62. The fourth-order valence-electron chi connectivity index (χ4n) is 2.16. The van der Waals surface area contributed by atoms with Gasteiger partial charge in [0.05, 0.1) is 5.56 Å². The van der Waals surface area contributed by atoms with Crippen molar-refractivity contribution in [1.82, 2.24) is 10.2 Å². The van der Waals surface area contributed by atoms with Crippen LogP contribution in [0.1, 0.15) is 10.4 Å². The molecule has 7 heteroatoms. The minimum Gasteiger partial charge on any atom is -0.456 e. The minimum atomic E-state index is -4.28. The maximum atomic E-state index is 12.6. The zero-order valence-corrected chi connectivity index (χ0v) is 11.6. The number of rotatable bonds is 5. The fraction of sp³-hybridized carbons (Fsp3) is 0.500. The maximum absolute atomic E-state index is 12.6. The van der Waals surface area contributed by atoms with Crippen LogP contribution in [0, 0.1) is 0 Å². The van der Waals surface area contributed by atoms with Crippen molar-refractivity contribution < 1.29 is 22.7 Å². The Morgan fingerprint density at radius 2 is 2.00 bits per heavy atom. The lowest BCUT2D eigenvalue weighted by atomic mass is 10.1. The van der Waals surface area contributed by atoms with Crippen molar-refractivity contribution in [3.8, 4) is 0 Å². The van der Waals surface area contributed by atoms with Crippen LogP contribution < -0.4 is 5.32 Å². The third-order valence-electron chi connectivity index (χ3n) is 3.39. The highest BCUT2D eigenvalue weighted by molar-refractivity contribution is 5.89. The molecule has 0 unspecified atom stereocenters. The van der Waals surface area contributed by atoms with Crippen LogP contribution in [-0.4, -0.2) is 55.9 Å². The van der Waals surface area contributed by atoms with Crippen LogP contribution in [0.25, 0.3) is 0 Å². The van der Waals surface area contributed by atoms with Gasteiger partial charge in [0.2, 0.25) is 0 Å². The lowest BCUT2D eigenvalue weighted by Crippen LogP contribution is -2.59. The van der Waals surface area contributed by atoms with Crippen LogP contribution in [0.3, 0.4) is 0 Å². The van der Waals surface area contributed by atoms with Crippen molar-refractivity contribution in [2.45, 2.75) is 18.3 Å². The molecule has 1 N–H and O–H groups in total. The molecule has 116 valence electrons. The van der Waals surface area contributed by atoms with E-state index in [0.717, 1.165) is 0 Å². The monoisotopic (exact) mass is 302 g/mol. The lowest BCUT2D eigenvalue weighted by molar-refractivity contribution is -0.164. The summed E-state index contributed by atoms with van der Waals surface area (Å²) in [6, 6.07) is 6.95. The molecule has 0 saturated carbocycles. The second kappa shape index (κ2) is 6.44. The van der Waals surface area contributed by atoms with E-state index in [1.54, 1.807) is 35.2 Å². The van der Waals surface area contributed by atoms with E-state index < -0.39 is 18.2 Å². The summed E-state index contributed by atoms with van der Waals surface area (Å²) < 4.78 is 43.0. The molecule has 0 bridgehead atoms. The van der Waals surface area contributed by atoms with Gasteiger partial charge in [-0.3, -0.25) is 4.90 Å². The van der Waals surface area contributed by atoms with E-state index >= 15 is 0 Å². The van der Waals surface area contributed by atoms with Crippen LogP contribution in [0.15, 0.2) is 30.3 Å². The van der Waals surface area contributed by atoms with Gasteiger partial charge < -0.3 is 10.1 Å². The number of ether oxygens (including phenoxy) is 1. The molecule has 0 aromatic heterocycles. The van der Waals surface area contributed by atoms with Gasteiger partial charge in [-0.15, -0.1) is 0 Å². The normalized spacial score (nSPS) is 18.1. The SMILES string of the molecule is CN[C@H](CN1CC(OC(=O)c2ccccc2)C1)C(F)(F)F. The molecule has 0 spiro atoms. The van der Waals surface area contributed by atoms with Crippen LogP contribution in [0.5, 0.6) is 0 Å². The van der Waals surface area contributed by atoms with Crippen molar-refractivity contribution in [3.05, 3.63) is 35.9 Å². The smallest absolute Gasteiger partial charge is 0.405 e. The Morgan fingerprint density at radius 3 is 2.52 bits per heavy atom. The molecule has 1 aromatic carbocycles. The average molecular weight is 302 g/mol. The van der Waals surface area contributed by atoms with Crippen LogP contribution >= 0.6 is 0 Å². The molecule has 21 heavy (non-hydrogen) atoms. The molecule has 1 aliphatic rings. The Morgan fingerprint density at radius 1 is 1.38 bits per heavy atom. The topological polar surface area (TPSA) is 41.6 Å². The first-order chi connectivity index (χ1) is 9.90. The second-order valence-electron chi connectivity index (χ2n) is 4.99. The summed E-state index contributed by atoms with van der Waals surface area (Å²) in [5.41, 5.74) is 0.444. The Balaban J connectivity index is 1.76. The van der Waals surface area contributed by atoms with E-state index in [9.17, 15) is 18.0 Å². The summed E-state index contributed by atoms with van der Waals surface area (Å²) in [4.78, 5) is 13.4. The summed E-state index contributed by atoms with van der Waals surface area (Å²) in [5.74, 6) is -0.443. The third kappa shape index (κ3) is 4.18. The van der Waals surface area contributed by atoms with Gasteiger partial charge in [-0.1, -0.05) is 18.2 Å². The van der Waals surface area contributed by atoms with Gasteiger partial charge >= 0.3 is 12.1 Å². The van der Waals surface area contributed by atoms with Crippen molar-refractivity contribution in [1.29, 1.82) is 0 Å². The molecule has 1 aliphatic heterocycles. The van der Waals surface area contributed by atoms with E-state index in [-0.39, 0.29) is 12.6 Å². The van der Waals surface area contributed by atoms with E-state index in [0.29, 0.717) is 18.7 Å². The molecule has 2 rings (SSSR count). The van der Waals surface area contributed by atoms with E-state index in [4.69, 9.17) is 4.74 Å². The predicted octanol–water partition coefficient (Wildman–Crippen LogP) is 1.68. The van der Waals surface area contributed by atoms with Crippen molar-refractivity contribution in [2.75, 3.05) is 26.7 Å². The number of alkyl halides is 3. The number of nitrogens with zero attached hydrogens (tertiary/aromatic N) is 1. The molecule has 4 nitrogen and oxygen atoms in total. The predicted molar refractivity (Wildman–Crippen MR) is 71.0 cm³/mol. The highest BCUT2D eigenvalue weighted by atomic mass is 19.4. The molecule has 1 saturated heterocycles. The molecule has 1 atom stereocenters. The minimum absolute atomic E-state index is 0.139. The number of likely N-dealkylation sites (N-methyl/N-ethyl adjacent to an activating group) is 1. The fourth-order valence-corrected chi connectivity index (χ4v) is 2.16. The van der Waals surface area contributed by atoms with E-state index in [1.165, 1.54) is 7.05 Å². The van der Waals surface area contributed by atoms with Gasteiger partial charge in [-0.05, 0) is 19.2 Å². The summed E-state index contributed by atoms with van der Waals surface area (Å²) in [5, 5.41) is 2.25. The number of carbonyl (C=O) groups is 1. The number of halogens is 3. The van der Waals surface area contributed by atoms with E-state index in [2.05, 4.69) is 5.32 Å². The standard InChI is InChI=1S/C14H17F3N2O2/c1-18-12(14(15,16)17)9-19-7-11(8-19)21-13(20)10-5-3-2-4-6-10/h2-6,11-12,18H,7-9H2,1H3/t12-/m1/s1. The Bertz CT molecular complexity index is 473. The van der Waals surface area contributed by atoms with Gasteiger partial charge in [0.1, 0.15) is 12.1 Å². The van der Waals surface area contributed by atoms with Crippen LogP contribution in [0.4, 0.5) is 13.2 Å². The Hall–Kier alpha value is -1.60. The van der Waals surface area contributed by atoms with Crippen molar-refractivity contribution in [3.63, 3.8) is 0 Å². The average Bonchev–Trinajstić information content (AvgIpc) is 2.40. The Labute approximate surface area is 120 Å². The number of likely N-dealkylation sites (tertiary alicyclic amines) is 1. The Kier molecular flexibility index (Phi) is 4.84. The van der Waals surface area contributed by atoms with Crippen molar-refractivity contribution in [2.24, 2.45) is 0 Å². The van der Waals surface area contributed by atoms with Crippen LogP contribution in [0.2, 0.25) is 0 Å². The van der Waals surface area contributed by atoms with Crippen LogP contribution in [-0.2, 0) is 4.74 Å². The number of carbonyl (C=O) groups excluding carboxylic acids is 1. The van der Waals surface area contributed by atoms with Crippen molar-refractivity contribution >= 4 is 5.97 Å². The number of hydrogen-bond acceptors (Lipinski definition) is 4. The van der Waals surface area contributed by atoms with Gasteiger partial charge in [-0.25, -0.2) is 4.79 Å². The summed E-state index contributed by atoms with van der Waals surface area (Å²) in [6.45, 7) is 0.513. The lowest BCUT2D eigenvalue weighted by Gasteiger charge is -2.40. The highest BCUT2D eigenvalue weighted by Crippen LogP contribution is 2.23. The summed E-state index contributed by atoms with van der Waals surface area (Å²) >= 11 is 0. The van der Waals surface area contributed by atoms with E-state index in [1.807, 2.05) is 0 Å². The molecule has 1 heterocycles. The molecule has 0 radical (unpaired) electrons. The number of benzene rings is 1. The highest BCUT2D eigenvalue weighted by Gasteiger charge is 2.42. The van der Waals surface area contributed by atoms with Gasteiger partial charge in [0.25, 0.3) is 0 Å². The first-order valence-electron chi connectivity index (χ1n) is 6.62. The maximum Gasteiger partial charge on any atom is 0.405 e. The second-order valence-corrected chi connectivity index (χ2v) is 4.99. The molecular weight excluding hydrogens is 285 g/mol. The zero-order valence-electron chi connectivity index (χ0n) is 11.6. The molecule has 0 aliphatic carbocycles. The quantitative estimate of drug-likeness (QED) is 0.840. The third-order valence-corrected chi connectivity index (χ3v) is 3.39. The molecular formula is C14H17F3N2O2. The van der Waals surface area contributed by atoms with Gasteiger partial charge in [-0.2, -0.15) is 13.2 Å². The molecule has 1 aromatic rings. The first-order valence-corrected chi connectivity index (χ1v) is 6.62. The largest absolute Gasteiger partial charge is 0.456 e. The zero-order chi connectivity index (χ0) is 15.5. The van der Waals surface area contributed by atoms with Gasteiger partial charge in [0.15, 0.2) is 0 Å². The number of esters is 1. The van der Waals surface area contributed by atoms with Gasteiger partial charge in [0, 0.05) is 19.6 Å². The summed E-state index contributed by atoms with van der Waals surface area (Å²) in [7, 11) is 1.28. The number of hydrogen-bond donors (Lipinski definition) is 1. The molecule has 0 amide bonds. The molecule has 1 fully saturated rings.